The number of rotatable bonds is 6. The summed E-state index contributed by atoms with van der Waals surface area (Å²) in [5.74, 6) is 0.838. The van der Waals surface area contributed by atoms with Crippen LogP contribution in [0.2, 0.25) is 0 Å². The van der Waals surface area contributed by atoms with Gasteiger partial charge in [-0.15, -0.1) is 0 Å². The summed E-state index contributed by atoms with van der Waals surface area (Å²) in [6.07, 6.45) is -0.135. The van der Waals surface area contributed by atoms with Crippen LogP contribution in [0.5, 0.6) is 11.5 Å². The molecule has 2 N–H and O–H groups in total. The highest BCUT2D eigenvalue weighted by molar-refractivity contribution is 5.80. The van der Waals surface area contributed by atoms with Gasteiger partial charge in [0.05, 0.1) is 50.3 Å². The quantitative estimate of drug-likeness (QED) is 0.620. The van der Waals surface area contributed by atoms with Crippen LogP contribution >= 0.6 is 0 Å². The fraction of sp³-hybridized carbons (Fsp3) is 0.409. The molecular weight excluding hydrogens is 405 g/mol. The fourth-order valence-corrected chi connectivity index (χ4v) is 4.41. The van der Waals surface area contributed by atoms with E-state index in [0.29, 0.717) is 29.2 Å². The van der Waals surface area contributed by atoms with Crippen LogP contribution in [-0.2, 0) is 16.0 Å². The molecule has 0 saturated carbocycles. The summed E-state index contributed by atoms with van der Waals surface area (Å²) in [6, 6.07) is 9.18. The molecule has 164 valence electrons. The molecule has 3 heterocycles. The molecule has 5 atom stereocenters. The van der Waals surface area contributed by atoms with E-state index in [1.54, 1.807) is 44.8 Å². The van der Waals surface area contributed by atoms with Gasteiger partial charge < -0.3 is 33.9 Å². The number of aliphatic hydroxyl groups excluding tert-OH is 1. The number of benzene rings is 2. The summed E-state index contributed by atoms with van der Waals surface area (Å²) >= 11 is 0. The number of nitrogens with one attached hydrogen (secondary N) is 1. The molecule has 1 aromatic heterocycles. The van der Waals surface area contributed by atoms with Gasteiger partial charge in [0.25, 0.3) is 0 Å². The monoisotopic (exact) mass is 429 g/mol. The average molecular weight is 429 g/mol. The molecule has 0 amide bonds. The van der Waals surface area contributed by atoms with E-state index in [9.17, 15) is 9.50 Å². The van der Waals surface area contributed by atoms with Crippen LogP contribution in [0.25, 0.3) is 11.0 Å². The summed E-state index contributed by atoms with van der Waals surface area (Å²) in [7, 11) is 3.13. The Morgan fingerprint density at radius 2 is 2.00 bits per heavy atom. The third-order valence-electron chi connectivity index (χ3n) is 6.02. The van der Waals surface area contributed by atoms with Crippen LogP contribution in [-0.4, -0.2) is 60.0 Å². The minimum Gasteiger partial charge on any atom is -0.493 e. The van der Waals surface area contributed by atoms with Gasteiger partial charge >= 0.3 is 0 Å². The summed E-state index contributed by atoms with van der Waals surface area (Å²) in [5.41, 5.74) is 1.98. The third-order valence-corrected chi connectivity index (χ3v) is 6.02. The van der Waals surface area contributed by atoms with Gasteiger partial charge in [0.15, 0.2) is 17.8 Å². The highest BCUT2D eigenvalue weighted by Crippen LogP contribution is 2.39. The van der Waals surface area contributed by atoms with Crippen molar-refractivity contribution in [2.75, 3.05) is 20.8 Å². The number of nitrogens with zero attached hydrogens (tertiary/aromatic N) is 2. The lowest BCUT2D eigenvalue weighted by atomic mass is 9.95. The predicted octanol–water partition coefficient (Wildman–Crippen LogP) is 2.01. The van der Waals surface area contributed by atoms with Crippen molar-refractivity contribution in [3.63, 3.8) is 0 Å². The van der Waals surface area contributed by atoms with Crippen LogP contribution in [0.4, 0.5) is 4.39 Å². The first-order valence-corrected chi connectivity index (χ1v) is 10.1. The van der Waals surface area contributed by atoms with E-state index in [4.69, 9.17) is 18.9 Å². The number of hydrogen-bond acceptors (Lipinski definition) is 7. The lowest BCUT2D eigenvalue weighted by molar-refractivity contribution is -0.164. The van der Waals surface area contributed by atoms with Gasteiger partial charge in [-0.2, -0.15) is 0 Å². The molecule has 5 rings (SSSR count). The van der Waals surface area contributed by atoms with Gasteiger partial charge in [-0.25, -0.2) is 9.37 Å². The Labute approximate surface area is 178 Å². The zero-order valence-electron chi connectivity index (χ0n) is 17.2. The van der Waals surface area contributed by atoms with E-state index < -0.39 is 24.5 Å². The molecule has 2 fully saturated rings. The zero-order valence-corrected chi connectivity index (χ0v) is 17.2. The van der Waals surface area contributed by atoms with Crippen molar-refractivity contribution in [2.45, 2.75) is 37.1 Å². The Bertz CT molecular complexity index is 1090. The van der Waals surface area contributed by atoms with Crippen molar-refractivity contribution in [3.05, 3.63) is 54.1 Å². The van der Waals surface area contributed by atoms with Crippen LogP contribution in [0.3, 0.4) is 0 Å². The SMILES string of the molecule is COc1cc2ncn([C@H]3[C@@H]4OC[C@@H](O4)[C@@H](NCc4ccccc4F)[C@@H]3O)c2cc1OC. The minimum absolute atomic E-state index is 0.265. The highest BCUT2D eigenvalue weighted by atomic mass is 19.1. The van der Waals surface area contributed by atoms with Crippen LogP contribution < -0.4 is 14.8 Å². The smallest absolute Gasteiger partial charge is 0.181 e. The standard InChI is InChI=1S/C22H24FN3O5/c1-28-16-7-14-15(8-17(16)29-2)26(11-25-14)20-21(27)19(18-10-30-22(20)31-18)24-9-12-5-3-4-6-13(12)23/h3-8,11,18-22,24,27H,9-10H2,1-2H3/t18-,19-,20-,21+,22-/m1/s1. The first kappa shape index (κ1) is 20.2. The van der Waals surface area contributed by atoms with Crippen molar-refractivity contribution in [1.29, 1.82) is 0 Å². The van der Waals surface area contributed by atoms with Crippen LogP contribution in [0.1, 0.15) is 11.6 Å². The Hall–Kier alpha value is -2.72. The second-order valence-corrected chi connectivity index (χ2v) is 7.70. The Kier molecular flexibility index (Phi) is 5.27. The number of aromatic nitrogens is 2. The Morgan fingerprint density at radius 1 is 1.23 bits per heavy atom. The van der Waals surface area contributed by atoms with Gasteiger partial charge in [0.1, 0.15) is 18.0 Å². The number of hydrogen-bond donors (Lipinski definition) is 2. The topological polar surface area (TPSA) is 87.0 Å². The molecule has 31 heavy (non-hydrogen) atoms. The van der Waals surface area contributed by atoms with E-state index in [1.807, 2.05) is 10.6 Å². The molecule has 0 spiro atoms. The largest absolute Gasteiger partial charge is 0.493 e. The van der Waals surface area contributed by atoms with E-state index in [0.717, 1.165) is 5.52 Å². The maximum atomic E-state index is 14.0. The van der Waals surface area contributed by atoms with Gasteiger partial charge in [0, 0.05) is 24.2 Å². The van der Waals surface area contributed by atoms with Gasteiger partial charge in [-0.3, -0.25) is 0 Å². The molecule has 3 aromatic rings. The minimum atomic E-state index is -0.844. The normalized spacial score (nSPS) is 27.5. The molecule has 2 saturated heterocycles. The summed E-state index contributed by atoms with van der Waals surface area (Å²) < 4.78 is 38.5. The molecule has 0 aliphatic carbocycles. The highest BCUT2D eigenvalue weighted by Gasteiger charge is 2.51. The molecule has 9 heteroatoms. The van der Waals surface area contributed by atoms with Crippen molar-refractivity contribution in [2.24, 2.45) is 0 Å². The fourth-order valence-electron chi connectivity index (χ4n) is 4.41. The molecule has 0 radical (unpaired) electrons. The second kappa shape index (κ2) is 8.08. The van der Waals surface area contributed by atoms with Gasteiger partial charge in [-0.1, -0.05) is 18.2 Å². The Morgan fingerprint density at radius 3 is 2.77 bits per heavy atom. The predicted molar refractivity (Wildman–Crippen MR) is 110 cm³/mol. The molecule has 2 bridgehead atoms. The van der Waals surface area contributed by atoms with Crippen LogP contribution in [0.15, 0.2) is 42.7 Å². The van der Waals surface area contributed by atoms with Crippen molar-refractivity contribution < 1.29 is 28.4 Å². The number of imidazole rings is 1. The number of fused-ring (bicyclic) bond motifs is 3. The maximum Gasteiger partial charge on any atom is 0.181 e. The lowest BCUT2D eigenvalue weighted by Gasteiger charge is -2.39. The number of aliphatic hydroxyl groups is 1. The Balaban J connectivity index is 1.46. The van der Waals surface area contributed by atoms with Crippen molar-refractivity contribution in [1.82, 2.24) is 14.9 Å². The number of methoxy groups -OCH3 is 2. The van der Waals surface area contributed by atoms with E-state index in [-0.39, 0.29) is 18.5 Å². The van der Waals surface area contributed by atoms with E-state index in [2.05, 4.69) is 10.3 Å². The first-order valence-electron chi connectivity index (χ1n) is 10.1. The molecule has 8 nitrogen and oxygen atoms in total. The van der Waals surface area contributed by atoms with Crippen molar-refractivity contribution in [3.8, 4) is 11.5 Å². The number of ether oxygens (including phenoxy) is 4. The van der Waals surface area contributed by atoms with Crippen LogP contribution in [0, 0.1) is 5.82 Å². The zero-order chi connectivity index (χ0) is 21.5. The van der Waals surface area contributed by atoms with E-state index in [1.165, 1.54) is 6.07 Å². The molecule has 0 unspecified atom stereocenters. The summed E-state index contributed by atoms with van der Waals surface area (Å²) in [6.45, 7) is 0.609. The molecule has 2 aromatic carbocycles. The summed E-state index contributed by atoms with van der Waals surface area (Å²) in [4.78, 5) is 4.46. The van der Waals surface area contributed by atoms with Crippen molar-refractivity contribution >= 4 is 11.0 Å². The van der Waals surface area contributed by atoms with Gasteiger partial charge in [0.2, 0.25) is 0 Å². The maximum absolute atomic E-state index is 14.0. The average Bonchev–Trinajstić information content (AvgIpc) is 3.39. The summed E-state index contributed by atoms with van der Waals surface area (Å²) in [5, 5.41) is 14.6. The first-order chi connectivity index (χ1) is 15.1. The van der Waals surface area contributed by atoms with Gasteiger partial charge in [-0.05, 0) is 6.07 Å². The lowest BCUT2D eigenvalue weighted by Crippen LogP contribution is -2.57. The molecular formula is C22H24FN3O5. The number of halogens is 1. The third kappa shape index (κ3) is 3.43. The molecule has 2 aliphatic heterocycles. The second-order valence-electron chi connectivity index (χ2n) is 7.70. The molecule has 2 aliphatic rings. The van der Waals surface area contributed by atoms with E-state index >= 15 is 0 Å².